The highest BCUT2D eigenvalue weighted by Crippen LogP contribution is 2.41. The molecule has 0 saturated heterocycles. The molecule has 5 rings (SSSR count). The summed E-state index contributed by atoms with van der Waals surface area (Å²) in [5, 5.41) is 9.52. The van der Waals surface area contributed by atoms with E-state index in [9.17, 15) is 14.7 Å². The minimum absolute atomic E-state index is 0.246. The highest BCUT2D eigenvalue weighted by Gasteiger charge is 2.33. The Morgan fingerprint density at radius 3 is 2.46 bits per heavy atom. The fourth-order valence-electron chi connectivity index (χ4n) is 7.04. The van der Waals surface area contributed by atoms with Gasteiger partial charge in [0.15, 0.2) is 0 Å². The van der Waals surface area contributed by atoms with Gasteiger partial charge in [0.2, 0.25) is 0 Å². The number of ether oxygens (including phenoxy) is 2. The molecule has 0 bridgehead atoms. The van der Waals surface area contributed by atoms with Crippen LogP contribution < -0.4 is 0 Å². The second-order valence-corrected chi connectivity index (χ2v) is 11.4. The standard InChI is InChI=1S/C29H41N3O5/c1-18(16-19-4-11-23(36-2)12-5-19)32-25-13-10-20-14-15-31(29(35)37-3)17-24(20)26(25)30-27(32)21-6-8-22(9-7-21)28(33)34/h10,13,18-19,21-23H,4-9,11-12,14-17H2,1-3H3,(H,33,34)/t18-,19-,21-,22-,23-/m0/s1. The highest BCUT2D eigenvalue weighted by atomic mass is 16.5. The van der Waals surface area contributed by atoms with Crippen molar-refractivity contribution in [3.8, 4) is 0 Å². The summed E-state index contributed by atoms with van der Waals surface area (Å²) < 4.78 is 13.1. The summed E-state index contributed by atoms with van der Waals surface area (Å²) in [7, 11) is 3.25. The predicted octanol–water partition coefficient (Wildman–Crippen LogP) is 5.68. The van der Waals surface area contributed by atoms with E-state index >= 15 is 0 Å². The van der Waals surface area contributed by atoms with Crippen LogP contribution in [0.5, 0.6) is 0 Å². The van der Waals surface area contributed by atoms with Crippen molar-refractivity contribution in [3.63, 3.8) is 0 Å². The molecule has 2 saturated carbocycles. The number of carboxylic acids is 1. The Hall–Kier alpha value is -2.61. The number of aromatic nitrogens is 2. The lowest BCUT2D eigenvalue weighted by Crippen LogP contribution is -2.35. The molecule has 2 aliphatic carbocycles. The van der Waals surface area contributed by atoms with Crippen molar-refractivity contribution in [3.05, 3.63) is 29.1 Å². The molecule has 0 radical (unpaired) electrons. The third kappa shape index (κ3) is 5.22. The van der Waals surface area contributed by atoms with E-state index in [1.807, 2.05) is 7.11 Å². The Morgan fingerprint density at radius 1 is 1.08 bits per heavy atom. The lowest BCUT2D eigenvalue weighted by atomic mass is 9.81. The second-order valence-electron chi connectivity index (χ2n) is 11.4. The van der Waals surface area contributed by atoms with Gasteiger partial charge >= 0.3 is 12.1 Å². The molecule has 2 fully saturated rings. The normalized spacial score (nSPS) is 27.1. The van der Waals surface area contributed by atoms with Gasteiger partial charge in [-0.15, -0.1) is 0 Å². The summed E-state index contributed by atoms with van der Waals surface area (Å²) in [4.78, 5) is 30.9. The molecule has 1 aliphatic heterocycles. The van der Waals surface area contributed by atoms with Crippen LogP contribution in [0, 0.1) is 11.8 Å². The van der Waals surface area contributed by atoms with Crippen LogP contribution in [0.2, 0.25) is 0 Å². The van der Waals surface area contributed by atoms with Crippen LogP contribution >= 0.6 is 0 Å². The quantitative estimate of drug-likeness (QED) is 0.537. The van der Waals surface area contributed by atoms with Crippen LogP contribution in [0.4, 0.5) is 4.79 Å². The van der Waals surface area contributed by atoms with Crippen molar-refractivity contribution in [2.75, 3.05) is 20.8 Å². The third-order valence-corrected chi connectivity index (χ3v) is 9.21. The largest absolute Gasteiger partial charge is 0.481 e. The maximum absolute atomic E-state index is 12.3. The fourth-order valence-corrected chi connectivity index (χ4v) is 7.04. The lowest BCUT2D eigenvalue weighted by molar-refractivity contribution is -0.142. The predicted molar refractivity (Wildman–Crippen MR) is 141 cm³/mol. The molecule has 0 spiro atoms. The van der Waals surface area contributed by atoms with Crippen molar-refractivity contribution >= 4 is 23.1 Å². The molecule has 2 heterocycles. The Morgan fingerprint density at radius 2 is 1.81 bits per heavy atom. The molecule has 3 aliphatic rings. The Bertz CT molecular complexity index is 1130. The second kappa shape index (κ2) is 11.0. The first-order chi connectivity index (χ1) is 17.9. The molecule has 8 nitrogen and oxygen atoms in total. The SMILES string of the molecule is COC(=O)N1CCc2ccc3c(nc([C@H]4CC[C@H](C(=O)O)CC4)n3[C@@H](C)C[C@H]3CC[C@H](OC)CC3)c2C1. The molecule has 1 amide bonds. The summed E-state index contributed by atoms with van der Waals surface area (Å²) in [6.07, 6.45) is 9.73. The lowest BCUT2D eigenvalue weighted by Gasteiger charge is -2.32. The zero-order valence-electron chi connectivity index (χ0n) is 22.4. The van der Waals surface area contributed by atoms with E-state index in [4.69, 9.17) is 14.5 Å². The smallest absolute Gasteiger partial charge is 0.409 e. The summed E-state index contributed by atoms with van der Waals surface area (Å²) in [5.74, 6) is 1.10. The number of amides is 1. The van der Waals surface area contributed by atoms with E-state index < -0.39 is 5.97 Å². The van der Waals surface area contributed by atoms with Gasteiger partial charge in [-0.1, -0.05) is 6.07 Å². The number of methoxy groups -OCH3 is 2. The molecule has 1 aromatic heterocycles. The molecular weight excluding hydrogens is 470 g/mol. The van der Waals surface area contributed by atoms with Crippen LogP contribution in [-0.4, -0.2) is 58.5 Å². The van der Waals surface area contributed by atoms with Crippen molar-refractivity contribution < 1.29 is 24.2 Å². The van der Waals surface area contributed by atoms with Crippen LogP contribution in [0.3, 0.4) is 0 Å². The summed E-state index contributed by atoms with van der Waals surface area (Å²) in [5.41, 5.74) is 4.51. The zero-order valence-corrected chi connectivity index (χ0v) is 22.4. The van der Waals surface area contributed by atoms with Crippen molar-refractivity contribution in [2.45, 2.75) is 95.7 Å². The first-order valence-corrected chi connectivity index (χ1v) is 14.0. The van der Waals surface area contributed by atoms with Crippen molar-refractivity contribution in [2.24, 2.45) is 11.8 Å². The average molecular weight is 512 g/mol. The minimum atomic E-state index is -0.677. The molecule has 202 valence electrons. The highest BCUT2D eigenvalue weighted by molar-refractivity contribution is 5.82. The van der Waals surface area contributed by atoms with Crippen molar-refractivity contribution in [1.29, 1.82) is 0 Å². The van der Waals surface area contributed by atoms with Gasteiger partial charge in [0.05, 0.1) is 36.7 Å². The number of carboxylic acid groups (broad SMARTS) is 1. The molecule has 8 heteroatoms. The number of nitrogens with zero attached hydrogens (tertiary/aromatic N) is 3. The first kappa shape index (κ1) is 26.0. The van der Waals surface area contributed by atoms with Gasteiger partial charge in [-0.25, -0.2) is 9.78 Å². The van der Waals surface area contributed by atoms with Crippen molar-refractivity contribution in [1.82, 2.24) is 14.5 Å². The maximum Gasteiger partial charge on any atom is 0.409 e. The zero-order chi connectivity index (χ0) is 26.1. The summed E-state index contributed by atoms with van der Waals surface area (Å²) >= 11 is 0. The molecular formula is C29H41N3O5. The number of imidazole rings is 1. The number of carbonyl (C=O) groups excluding carboxylic acids is 1. The Balaban J connectivity index is 1.49. The van der Waals surface area contributed by atoms with Crippen LogP contribution in [0.1, 0.15) is 93.6 Å². The molecule has 2 aromatic rings. The summed E-state index contributed by atoms with van der Waals surface area (Å²) in [6.45, 7) is 3.48. The van der Waals surface area contributed by atoms with Gasteiger partial charge in [0, 0.05) is 31.2 Å². The molecule has 0 unspecified atom stereocenters. The van der Waals surface area contributed by atoms with Crippen LogP contribution in [0.15, 0.2) is 12.1 Å². The van der Waals surface area contributed by atoms with Gasteiger partial charge in [0.1, 0.15) is 5.82 Å². The number of hydrogen-bond acceptors (Lipinski definition) is 5. The van der Waals surface area contributed by atoms with Crippen LogP contribution in [-0.2, 0) is 27.2 Å². The van der Waals surface area contributed by atoms with Gasteiger partial charge in [-0.3, -0.25) is 4.79 Å². The molecule has 37 heavy (non-hydrogen) atoms. The first-order valence-electron chi connectivity index (χ1n) is 14.0. The monoisotopic (exact) mass is 511 g/mol. The number of aliphatic carboxylic acids is 1. The van der Waals surface area contributed by atoms with Gasteiger partial charge < -0.3 is 24.0 Å². The number of fused-ring (bicyclic) bond motifs is 3. The Labute approximate surface area is 219 Å². The van der Waals surface area contributed by atoms with E-state index in [0.717, 1.165) is 60.9 Å². The number of benzene rings is 1. The molecule has 1 aromatic carbocycles. The topological polar surface area (TPSA) is 93.9 Å². The minimum Gasteiger partial charge on any atom is -0.481 e. The molecule has 1 atom stereocenters. The summed E-state index contributed by atoms with van der Waals surface area (Å²) in [6, 6.07) is 4.73. The molecule has 1 N–H and O–H groups in total. The average Bonchev–Trinajstić information content (AvgIpc) is 3.33. The Kier molecular flexibility index (Phi) is 7.75. The number of carbonyl (C=O) groups is 2. The maximum atomic E-state index is 12.3. The number of rotatable bonds is 6. The van der Waals surface area contributed by atoms with Gasteiger partial charge in [-0.2, -0.15) is 0 Å². The van der Waals surface area contributed by atoms with E-state index in [1.54, 1.807) is 4.90 Å². The third-order valence-electron chi connectivity index (χ3n) is 9.21. The van der Waals surface area contributed by atoms with Gasteiger partial charge in [0.25, 0.3) is 0 Å². The number of hydrogen-bond donors (Lipinski definition) is 1. The fraction of sp³-hybridized carbons (Fsp3) is 0.690. The van der Waals surface area contributed by atoms with E-state index in [-0.39, 0.29) is 17.9 Å². The van der Waals surface area contributed by atoms with Crippen LogP contribution in [0.25, 0.3) is 11.0 Å². The van der Waals surface area contributed by atoms with E-state index in [0.29, 0.717) is 44.0 Å². The van der Waals surface area contributed by atoms with E-state index in [2.05, 4.69) is 23.6 Å². The van der Waals surface area contributed by atoms with E-state index in [1.165, 1.54) is 25.5 Å². The van der Waals surface area contributed by atoms with Gasteiger partial charge in [-0.05, 0) is 88.7 Å².